The molecule has 0 aromatic carbocycles. The van der Waals surface area contributed by atoms with Gasteiger partial charge in [0.1, 0.15) is 0 Å². The van der Waals surface area contributed by atoms with Crippen LogP contribution in [0.3, 0.4) is 0 Å². The summed E-state index contributed by atoms with van der Waals surface area (Å²) in [5, 5.41) is 0. The van der Waals surface area contributed by atoms with E-state index < -0.39 is 6.67 Å². The summed E-state index contributed by atoms with van der Waals surface area (Å²) >= 11 is 0. The number of rotatable bonds is 3. The molecule has 0 aromatic heterocycles. The molecule has 0 saturated heterocycles. The molecule has 0 spiro atoms. The molecule has 0 radical (unpaired) electrons. The molecule has 0 bridgehead atoms. The van der Waals surface area contributed by atoms with Crippen LogP contribution in [0.2, 0.25) is 0 Å². The molecular weight excluding hydrogens is 261 g/mol. The van der Waals surface area contributed by atoms with Crippen LogP contribution in [-0.4, -0.2) is 17.0 Å². The van der Waals surface area contributed by atoms with Crippen LogP contribution in [0.4, 0.5) is 4.39 Å². The SMILES string of the molecule is C=C/C=C\C(CF)=[N+]1C(=C)/C=C\C=C/CC2=C1C=CCC2. The van der Waals surface area contributed by atoms with Crippen molar-refractivity contribution in [2.24, 2.45) is 0 Å². The molecule has 0 N–H and O–H groups in total. The third kappa shape index (κ3) is 3.66. The van der Waals surface area contributed by atoms with Gasteiger partial charge in [0.05, 0.1) is 0 Å². The molecule has 1 aliphatic carbocycles. The Labute approximate surface area is 126 Å². The first-order chi connectivity index (χ1) is 10.3. The Morgan fingerprint density at radius 1 is 1.29 bits per heavy atom. The van der Waals surface area contributed by atoms with Gasteiger partial charge in [0.25, 0.3) is 0 Å². The van der Waals surface area contributed by atoms with E-state index in [1.165, 1.54) is 5.57 Å². The Kier molecular flexibility index (Phi) is 5.44. The predicted octanol–water partition coefficient (Wildman–Crippen LogP) is 4.79. The number of halogens is 1. The van der Waals surface area contributed by atoms with Crippen LogP contribution in [-0.2, 0) is 0 Å². The number of nitrogens with zero attached hydrogens (tertiary/aromatic N) is 1. The Bertz CT molecular complexity index is 609. The second-order valence-electron chi connectivity index (χ2n) is 4.97. The van der Waals surface area contributed by atoms with E-state index >= 15 is 0 Å². The summed E-state index contributed by atoms with van der Waals surface area (Å²) in [4.78, 5) is 0. The third-order valence-corrected chi connectivity index (χ3v) is 3.53. The van der Waals surface area contributed by atoms with Gasteiger partial charge in [0, 0.05) is 23.8 Å². The van der Waals surface area contributed by atoms with Gasteiger partial charge in [-0.2, -0.15) is 4.58 Å². The van der Waals surface area contributed by atoms with Crippen LogP contribution in [0.25, 0.3) is 0 Å². The maximum absolute atomic E-state index is 13.5. The zero-order chi connectivity index (χ0) is 15.1. The Morgan fingerprint density at radius 2 is 2.14 bits per heavy atom. The van der Waals surface area contributed by atoms with Crippen molar-refractivity contribution in [2.75, 3.05) is 6.67 Å². The topological polar surface area (TPSA) is 3.01 Å². The molecule has 2 aliphatic rings. The van der Waals surface area contributed by atoms with Gasteiger partial charge in [-0.05, 0) is 25.8 Å². The van der Waals surface area contributed by atoms with Crippen LogP contribution in [0, 0.1) is 0 Å². The number of hydrogen-bond donors (Lipinski definition) is 0. The smallest absolute Gasteiger partial charge is 0.219 e. The standard InChI is InChI=1S/C19H21FN/c1-3-4-13-18(15-20)21-16(2)10-6-5-7-11-17-12-8-9-14-19(17)21/h3-7,9-10,13-14H,1-2,8,11-12,15H2/q+1/b7-5-,10-6-,13-4-,21-18?. The lowest BCUT2D eigenvalue weighted by Gasteiger charge is -2.13. The molecule has 2 rings (SSSR count). The fourth-order valence-corrected chi connectivity index (χ4v) is 2.52. The largest absolute Gasteiger partial charge is 0.239 e. The summed E-state index contributed by atoms with van der Waals surface area (Å²) in [6, 6.07) is 0. The first-order valence-corrected chi connectivity index (χ1v) is 7.19. The molecule has 1 nitrogen and oxygen atoms in total. The van der Waals surface area contributed by atoms with E-state index in [0.717, 1.165) is 30.7 Å². The Balaban J connectivity index is 2.64. The first kappa shape index (κ1) is 15.2. The fourth-order valence-electron chi connectivity index (χ4n) is 2.52. The average molecular weight is 282 g/mol. The quantitative estimate of drug-likeness (QED) is 0.517. The normalized spacial score (nSPS) is 24.1. The third-order valence-electron chi connectivity index (χ3n) is 3.53. The molecule has 0 unspecified atom stereocenters. The van der Waals surface area contributed by atoms with Gasteiger partial charge in [-0.1, -0.05) is 43.0 Å². The van der Waals surface area contributed by atoms with Crippen LogP contribution < -0.4 is 0 Å². The molecule has 1 heterocycles. The van der Waals surface area contributed by atoms with Crippen LogP contribution in [0.1, 0.15) is 19.3 Å². The second kappa shape index (κ2) is 7.53. The summed E-state index contributed by atoms with van der Waals surface area (Å²) < 4.78 is 15.5. The second-order valence-corrected chi connectivity index (χ2v) is 4.97. The van der Waals surface area contributed by atoms with Gasteiger partial charge in [-0.15, -0.1) is 0 Å². The average Bonchev–Trinajstić information content (AvgIpc) is 2.58. The molecular formula is C19H21FN+. The van der Waals surface area contributed by atoms with Crippen molar-refractivity contribution in [1.29, 1.82) is 0 Å². The van der Waals surface area contributed by atoms with Gasteiger partial charge >= 0.3 is 0 Å². The van der Waals surface area contributed by atoms with Gasteiger partial charge in [-0.25, -0.2) is 4.39 Å². The van der Waals surface area contributed by atoms with Crippen molar-refractivity contribution in [3.63, 3.8) is 0 Å². The molecule has 0 fully saturated rings. The van der Waals surface area contributed by atoms with Crippen molar-refractivity contribution in [1.82, 2.24) is 0 Å². The molecule has 21 heavy (non-hydrogen) atoms. The maximum atomic E-state index is 13.5. The summed E-state index contributed by atoms with van der Waals surface area (Å²) in [6.07, 6.45) is 20.3. The zero-order valence-electron chi connectivity index (χ0n) is 12.3. The van der Waals surface area contributed by atoms with Gasteiger partial charge < -0.3 is 0 Å². The van der Waals surface area contributed by atoms with E-state index in [4.69, 9.17) is 0 Å². The van der Waals surface area contributed by atoms with Gasteiger partial charge in [0.2, 0.25) is 17.1 Å². The molecule has 108 valence electrons. The lowest BCUT2D eigenvalue weighted by atomic mass is 9.98. The number of alkyl halides is 1. The van der Waals surface area contributed by atoms with Crippen molar-refractivity contribution >= 4 is 5.71 Å². The van der Waals surface area contributed by atoms with E-state index in [1.54, 1.807) is 18.2 Å². The Hall–Kier alpha value is -2.22. The highest BCUT2D eigenvalue weighted by atomic mass is 19.1. The van der Waals surface area contributed by atoms with Crippen molar-refractivity contribution < 1.29 is 8.97 Å². The van der Waals surface area contributed by atoms with Gasteiger partial charge in [-0.3, -0.25) is 0 Å². The predicted molar refractivity (Wildman–Crippen MR) is 88.0 cm³/mol. The van der Waals surface area contributed by atoms with Crippen LogP contribution >= 0.6 is 0 Å². The summed E-state index contributed by atoms with van der Waals surface area (Å²) in [6.45, 7) is 7.20. The highest BCUT2D eigenvalue weighted by Gasteiger charge is 2.24. The lowest BCUT2D eigenvalue weighted by molar-refractivity contribution is -0.413. The number of allylic oxidation sites excluding steroid dienone is 10. The zero-order valence-corrected chi connectivity index (χ0v) is 12.3. The molecule has 0 saturated carbocycles. The molecule has 2 heteroatoms. The van der Waals surface area contributed by atoms with Crippen molar-refractivity contribution in [3.8, 4) is 0 Å². The van der Waals surface area contributed by atoms with E-state index in [9.17, 15) is 4.39 Å². The summed E-state index contributed by atoms with van der Waals surface area (Å²) in [5.41, 5.74) is 3.70. The van der Waals surface area contributed by atoms with E-state index in [-0.39, 0.29) is 0 Å². The molecule has 1 aliphatic heterocycles. The molecule has 0 atom stereocenters. The van der Waals surface area contributed by atoms with Crippen molar-refractivity contribution in [2.45, 2.75) is 19.3 Å². The van der Waals surface area contributed by atoms with Crippen LogP contribution in [0.5, 0.6) is 0 Å². The first-order valence-electron chi connectivity index (χ1n) is 7.19. The summed E-state index contributed by atoms with van der Waals surface area (Å²) in [7, 11) is 0. The minimum Gasteiger partial charge on any atom is -0.239 e. The van der Waals surface area contributed by atoms with E-state index in [2.05, 4.69) is 31.4 Å². The maximum Gasteiger partial charge on any atom is 0.219 e. The van der Waals surface area contributed by atoms with Gasteiger partial charge in [0.15, 0.2) is 6.67 Å². The lowest BCUT2D eigenvalue weighted by Crippen LogP contribution is -2.21. The minimum absolute atomic E-state index is 0.546. The Morgan fingerprint density at radius 3 is 2.90 bits per heavy atom. The number of hydrogen-bond acceptors (Lipinski definition) is 0. The molecule has 0 aromatic rings. The fraction of sp³-hybridized carbons (Fsp3) is 0.211. The van der Waals surface area contributed by atoms with E-state index in [0.29, 0.717) is 5.71 Å². The minimum atomic E-state index is -0.546. The van der Waals surface area contributed by atoms with E-state index in [1.807, 2.05) is 22.8 Å². The van der Waals surface area contributed by atoms with Crippen molar-refractivity contribution in [3.05, 3.63) is 84.8 Å². The molecule has 0 amide bonds. The van der Waals surface area contributed by atoms with Crippen LogP contribution in [0.15, 0.2) is 84.8 Å². The highest BCUT2D eigenvalue weighted by molar-refractivity contribution is 5.92. The monoisotopic (exact) mass is 282 g/mol. The highest BCUT2D eigenvalue weighted by Crippen LogP contribution is 2.26. The summed E-state index contributed by atoms with van der Waals surface area (Å²) in [5.74, 6) is 0.